The molecule has 2 amide bonds. The van der Waals surface area contributed by atoms with Gasteiger partial charge in [-0.25, -0.2) is 4.79 Å². The van der Waals surface area contributed by atoms with Crippen LogP contribution in [0.5, 0.6) is 0 Å². The molecule has 1 heterocycles. The van der Waals surface area contributed by atoms with Crippen molar-refractivity contribution >= 4 is 6.03 Å². The van der Waals surface area contributed by atoms with Gasteiger partial charge in [0.15, 0.2) is 0 Å². The summed E-state index contributed by atoms with van der Waals surface area (Å²) in [5.74, 6) is 0. The van der Waals surface area contributed by atoms with E-state index in [1.807, 2.05) is 4.90 Å². The predicted molar refractivity (Wildman–Crippen MR) is 58.3 cm³/mol. The van der Waals surface area contributed by atoms with Crippen molar-refractivity contribution < 1.29 is 4.79 Å². The number of hydrogen-bond donors (Lipinski definition) is 1. The first-order chi connectivity index (χ1) is 6.33. The Kier molecular flexibility index (Phi) is 2.79. The minimum atomic E-state index is -0.00685. The quantitative estimate of drug-likeness (QED) is 0.636. The molecule has 0 aromatic rings. The van der Waals surface area contributed by atoms with Gasteiger partial charge in [-0.2, -0.15) is 0 Å². The SMILES string of the molecule is CNC(=O)N1CCC[C@@]1(C)C(C)(C)C. The smallest absolute Gasteiger partial charge is 0.317 e. The van der Waals surface area contributed by atoms with Crippen LogP contribution >= 0.6 is 0 Å². The summed E-state index contributed by atoms with van der Waals surface area (Å²) in [6.45, 7) is 9.68. The van der Waals surface area contributed by atoms with E-state index < -0.39 is 0 Å². The molecule has 0 unspecified atom stereocenters. The Morgan fingerprint density at radius 3 is 2.43 bits per heavy atom. The molecule has 0 radical (unpaired) electrons. The Morgan fingerprint density at radius 1 is 1.43 bits per heavy atom. The molecular formula is C11H22N2O. The molecule has 0 spiro atoms. The van der Waals surface area contributed by atoms with Crippen molar-refractivity contribution in [3.05, 3.63) is 0 Å². The minimum absolute atomic E-state index is 0.00685. The van der Waals surface area contributed by atoms with Crippen LogP contribution in [0.4, 0.5) is 4.79 Å². The molecule has 1 aliphatic heterocycles. The predicted octanol–water partition coefficient (Wildman–Crippen LogP) is 2.23. The molecule has 14 heavy (non-hydrogen) atoms. The van der Waals surface area contributed by atoms with Crippen LogP contribution in [-0.2, 0) is 0 Å². The fourth-order valence-corrected chi connectivity index (χ4v) is 2.20. The summed E-state index contributed by atoms with van der Waals surface area (Å²) in [5.41, 5.74) is 0.128. The second kappa shape index (κ2) is 3.44. The molecule has 1 aliphatic rings. The standard InChI is InChI=1S/C11H22N2O/c1-10(2,3)11(4)7-6-8-13(11)9(14)12-5/h6-8H2,1-5H3,(H,12,14)/t11-/m0/s1. The summed E-state index contributed by atoms with van der Waals surface area (Å²) >= 11 is 0. The van der Waals surface area contributed by atoms with Crippen molar-refractivity contribution in [3.63, 3.8) is 0 Å². The second-order valence-electron chi connectivity index (χ2n) is 5.33. The molecule has 0 bridgehead atoms. The summed E-state index contributed by atoms with van der Waals surface area (Å²) in [6.07, 6.45) is 2.21. The lowest BCUT2D eigenvalue weighted by Gasteiger charge is -2.45. The molecule has 1 saturated heterocycles. The number of nitrogens with one attached hydrogen (secondary N) is 1. The van der Waals surface area contributed by atoms with Gasteiger partial charge in [-0.05, 0) is 25.2 Å². The highest BCUT2D eigenvalue weighted by Crippen LogP contribution is 2.43. The van der Waals surface area contributed by atoms with Crippen molar-refractivity contribution in [3.8, 4) is 0 Å². The monoisotopic (exact) mass is 198 g/mol. The van der Waals surface area contributed by atoms with E-state index in [4.69, 9.17) is 0 Å². The summed E-state index contributed by atoms with van der Waals surface area (Å²) in [6, 6.07) is 0.0555. The molecule has 82 valence electrons. The molecule has 1 N–H and O–H groups in total. The van der Waals surface area contributed by atoms with Crippen LogP contribution in [0.25, 0.3) is 0 Å². The van der Waals surface area contributed by atoms with Gasteiger partial charge in [0, 0.05) is 19.1 Å². The number of nitrogens with zero attached hydrogens (tertiary/aromatic N) is 1. The van der Waals surface area contributed by atoms with E-state index in [1.165, 1.54) is 0 Å². The molecule has 1 atom stereocenters. The van der Waals surface area contributed by atoms with Gasteiger partial charge in [-0.1, -0.05) is 20.8 Å². The van der Waals surface area contributed by atoms with Gasteiger partial charge in [-0.15, -0.1) is 0 Å². The zero-order valence-electron chi connectivity index (χ0n) is 9.98. The Hall–Kier alpha value is -0.730. The highest BCUT2D eigenvalue weighted by Gasteiger charge is 2.47. The normalized spacial score (nSPS) is 27.9. The molecule has 0 saturated carbocycles. The third-order valence-electron chi connectivity index (χ3n) is 3.72. The highest BCUT2D eigenvalue weighted by atomic mass is 16.2. The number of hydrogen-bond acceptors (Lipinski definition) is 1. The van der Waals surface area contributed by atoms with Gasteiger partial charge >= 0.3 is 6.03 Å². The molecule has 3 heteroatoms. The van der Waals surface area contributed by atoms with Crippen molar-refractivity contribution in [1.29, 1.82) is 0 Å². The van der Waals surface area contributed by atoms with E-state index in [9.17, 15) is 4.79 Å². The van der Waals surface area contributed by atoms with Crippen LogP contribution in [-0.4, -0.2) is 30.1 Å². The Balaban J connectivity index is 2.92. The van der Waals surface area contributed by atoms with Crippen LogP contribution < -0.4 is 5.32 Å². The van der Waals surface area contributed by atoms with E-state index in [2.05, 4.69) is 33.0 Å². The van der Waals surface area contributed by atoms with Gasteiger partial charge in [0.1, 0.15) is 0 Å². The fraction of sp³-hybridized carbons (Fsp3) is 0.909. The van der Waals surface area contributed by atoms with Crippen molar-refractivity contribution in [2.75, 3.05) is 13.6 Å². The Bertz CT molecular complexity index is 232. The lowest BCUT2D eigenvalue weighted by Crippen LogP contribution is -2.55. The maximum Gasteiger partial charge on any atom is 0.317 e. The van der Waals surface area contributed by atoms with Gasteiger partial charge in [0.2, 0.25) is 0 Å². The van der Waals surface area contributed by atoms with Gasteiger partial charge in [-0.3, -0.25) is 0 Å². The van der Waals surface area contributed by atoms with E-state index in [0.29, 0.717) is 0 Å². The molecular weight excluding hydrogens is 176 g/mol. The molecule has 0 aromatic heterocycles. The molecule has 3 nitrogen and oxygen atoms in total. The summed E-state index contributed by atoms with van der Waals surface area (Å²) < 4.78 is 0. The summed E-state index contributed by atoms with van der Waals surface area (Å²) in [5, 5.41) is 2.72. The maximum atomic E-state index is 11.7. The van der Waals surface area contributed by atoms with E-state index >= 15 is 0 Å². The minimum Gasteiger partial charge on any atom is -0.341 e. The van der Waals surface area contributed by atoms with Crippen molar-refractivity contribution in [2.24, 2.45) is 5.41 Å². The lowest BCUT2D eigenvalue weighted by atomic mass is 9.73. The van der Waals surface area contributed by atoms with Crippen molar-refractivity contribution in [2.45, 2.75) is 46.1 Å². The third-order valence-corrected chi connectivity index (χ3v) is 3.72. The fourth-order valence-electron chi connectivity index (χ4n) is 2.20. The van der Waals surface area contributed by atoms with Crippen LogP contribution in [0.15, 0.2) is 0 Å². The van der Waals surface area contributed by atoms with E-state index in [0.717, 1.165) is 19.4 Å². The summed E-state index contributed by atoms with van der Waals surface area (Å²) in [4.78, 5) is 13.7. The first-order valence-corrected chi connectivity index (χ1v) is 5.32. The number of urea groups is 1. The molecule has 1 rings (SSSR count). The topological polar surface area (TPSA) is 32.3 Å². The third kappa shape index (κ3) is 1.60. The molecule has 1 fully saturated rings. The van der Waals surface area contributed by atoms with Crippen LogP contribution in [0.2, 0.25) is 0 Å². The lowest BCUT2D eigenvalue weighted by molar-refractivity contribution is 0.0687. The van der Waals surface area contributed by atoms with Crippen molar-refractivity contribution in [1.82, 2.24) is 10.2 Å². The number of likely N-dealkylation sites (tertiary alicyclic amines) is 1. The molecule has 0 aromatic carbocycles. The largest absolute Gasteiger partial charge is 0.341 e. The number of carbonyl (C=O) groups is 1. The van der Waals surface area contributed by atoms with Gasteiger partial charge in [0.25, 0.3) is 0 Å². The van der Waals surface area contributed by atoms with E-state index in [1.54, 1.807) is 7.05 Å². The second-order valence-corrected chi connectivity index (χ2v) is 5.33. The number of rotatable bonds is 0. The van der Waals surface area contributed by atoms with Crippen LogP contribution in [0.1, 0.15) is 40.5 Å². The zero-order valence-corrected chi connectivity index (χ0v) is 9.98. The average molecular weight is 198 g/mol. The van der Waals surface area contributed by atoms with Crippen LogP contribution in [0, 0.1) is 5.41 Å². The first-order valence-electron chi connectivity index (χ1n) is 5.32. The number of amides is 2. The number of carbonyl (C=O) groups excluding carboxylic acids is 1. The maximum absolute atomic E-state index is 11.7. The highest BCUT2D eigenvalue weighted by molar-refractivity contribution is 5.75. The van der Waals surface area contributed by atoms with Crippen LogP contribution in [0.3, 0.4) is 0 Å². The first kappa shape index (κ1) is 11.3. The summed E-state index contributed by atoms with van der Waals surface area (Å²) in [7, 11) is 1.70. The Morgan fingerprint density at radius 2 is 2.00 bits per heavy atom. The van der Waals surface area contributed by atoms with Gasteiger partial charge in [0.05, 0.1) is 0 Å². The molecule has 0 aliphatic carbocycles. The average Bonchev–Trinajstić information content (AvgIpc) is 2.46. The zero-order chi connectivity index (χ0) is 11.0. The Labute approximate surface area is 86.9 Å². The van der Waals surface area contributed by atoms with Gasteiger partial charge < -0.3 is 10.2 Å². The van der Waals surface area contributed by atoms with E-state index in [-0.39, 0.29) is 17.0 Å².